The smallest absolute Gasteiger partial charge is 0.0941 e. The fraction of sp³-hybridized carbons (Fsp3) is 0.750. The van der Waals surface area contributed by atoms with Gasteiger partial charge in [-0.15, -0.1) is 22.9 Å². The van der Waals surface area contributed by atoms with E-state index in [-0.39, 0.29) is 0 Å². The molecule has 1 fully saturated rings. The van der Waals surface area contributed by atoms with Crippen LogP contribution in [0.25, 0.3) is 0 Å². The van der Waals surface area contributed by atoms with E-state index in [9.17, 15) is 0 Å². The van der Waals surface area contributed by atoms with E-state index in [1.165, 1.54) is 18.1 Å². The highest BCUT2D eigenvalue weighted by molar-refractivity contribution is 8.00. The fourth-order valence-electron chi connectivity index (χ4n) is 2.25. The highest BCUT2D eigenvalue weighted by Gasteiger charge is 2.21. The standard InChI is InChI=1S/C12H19ClN2S2/c1-9-6-15(7-10(2)17-9)4-3-12-14-11(5-13)8-16-12/h8-10H,3-7H2,1-2H3. The van der Waals surface area contributed by atoms with Gasteiger partial charge in [0.05, 0.1) is 16.6 Å². The van der Waals surface area contributed by atoms with Gasteiger partial charge in [-0.1, -0.05) is 13.8 Å². The van der Waals surface area contributed by atoms with Crippen LogP contribution in [0.5, 0.6) is 0 Å². The van der Waals surface area contributed by atoms with Crippen molar-refractivity contribution < 1.29 is 0 Å². The van der Waals surface area contributed by atoms with E-state index in [2.05, 4.69) is 40.9 Å². The van der Waals surface area contributed by atoms with Crippen LogP contribution in [0.2, 0.25) is 0 Å². The van der Waals surface area contributed by atoms with Gasteiger partial charge in [0.1, 0.15) is 0 Å². The second-order valence-corrected chi connectivity index (χ2v) is 7.72. The summed E-state index contributed by atoms with van der Waals surface area (Å²) < 4.78 is 0. The molecule has 0 radical (unpaired) electrons. The van der Waals surface area contributed by atoms with Gasteiger partial charge in [-0.2, -0.15) is 11.8 Å². The maximum Gasteiger partial charge on any atom is 0.0941 e. The summed E-state index contributed by atoms with van der Waals surface area (Å²) in [6.07, 6.45) is 1.06. The largest absolute Gasteiger partial charge is 0.301 e. The van der Waals surface area contributed by atoms with Crippen molar-refractivity contribution in [1.82, 2.24) is 9.88 Å². The average molecular weight is 291 g/mol. The van der Waals surface area contributed by atoms with Crippen molar-refractivity contribution in [1.29, 1.82) is 0 Å². The molecule has 1 aromatic rings. The van der Waals surface area contributed by atoms with Crippen LogP contribution >= 0.6 is 34.7 Å². The lowest BCUT2D eigenvalue weighted by atomic mass is 10.3. The molecule has 1 saturated heterocycles. The van der Waals surface area contributed by atoms with Gasteiger partial charge in [0.2, 0.25) is 0 Å². The molecule has 0 amide bonds. The Bertz CT molecular complexity index is 346. The van der Waals surface area contributed by atoms with Gasteiger partial charge >= 0.3 is 0 Å². The molecule has 2 heterocycles. The van der Waals surface area contributed by atoms with Crippen LogP contribution in [0, 0.1) is 0 Å². The van der Waals surface area contributed by atoms with Crippen LogP contribution < -0.4 is 0 Å². The minimum absolute atomic E-state index is 0.533. The molecule has 1 aliphatic heterocycles. The minimum atomic E-state index is 0.533. The van der Waals surface area contributed by atoms with E-state index >= 15 is 0 Å². The van der Waals surface area contributed by atoms with Crippen molar-refractivity contribution in [2.75, 3.05) is 19.6 Å². The van der Waals surface area contributed by atoms with E-state index in [1.54, 1.807) is 11.3 Å². The van der Waals surface area contributed by atoms with E-state index in [1.807, 2.05) is 0 Å². The number of thioether (sulfide) groups is 1. The highest BCUT2D eigenvalue weighted by Crippen LogP contribution is 2.24. The summed E-state index contributed by atoms with van der Waals surface area (Å²) in [6.45, 7) is 8.20. The SMILES string of the molecule is CC1CN(CCc2nc(CCl)cs2)CC(C)S1. The first-order valence-corrected chi connectivity index (χ1v) is 8.40. The van der Waals surface area contributed by atoms with Crippen molar-refractivity contribution in [3.8, 4) is 0 Å². The van der Waals surface area contributed by atoms with Gasteiger partial charge in [-0.25, -0.2) is 4.98 Å². The molecular weight excluding hydrogens is 272 g/mol. The molecule has 2 unspecified atom stereocenters. The Labute approximate surface area is 117 Å². The predicted octanol–water partition coefficient (Wildman–Crippen LogP) is 3.25. The number of halogens is 1. The number of hydrogen-bond acceptors (Lipinski definition) is 4. The minimum Gasteiger partial charge on any atom is -0.301 e. The number of nitrogens with zero attached hydrogens (tertiary/aromatic N) is 2. The first-order chi connectivity index (χ1) is 8.17. The summed E-state index contributed by atoms with van der Waals surface area (Å²) in [6, 6.07) is 0. The molecule has 96 valence electrons. The van der Waals surface area contributed by atoms with Crippen LogP contribution in [0.3, 0.4) is 0 Å². The Morgan fingerprint density at radius 2 is 2.12 bits per heavy atom. The van der Waals surface area contributed by atoms with Crippen LogP contribution in [0.4, 0.5) is 0 Å². The van der Waals surface area contributed by atoms with Gasteiger partial charge in [0.15, 0.2) is 0 Å². The Morgan fingerprint density at radius 1 is 1.41 bits per heavy atom. The van der Waals surface area contributed by atoms with Gasteiger partial charge in [0, 0.05) is 41.9 Å². The summed E-state index contributed by atoms with van der Waals surface area (Å²) in [4.78, 5) is 7.07. The molecule has 0 aromatic carbocycles. The normalized spacial score (nSPS) is 26.3. The molecule has 1 aromatic heterocycles. The summed E-state index contributed by atoms with van der Waals surface area (Å²) in [7, 11) is 0. The maximum absolute atomic E-state index is 5.76. The number of thiazole rings is 1. The van der Waals surface area contributed by atoms with Crippen LogP contribution in [-0.2, 0) is 12.3 Å². The lowest BCUT2D eigenvalue weighted by Gasteiger charge is -2.34. The van der Waals surface area contributed by atoms with Crippen molar-refractivity contribution in [2.24, 2.45) is 0 Å². The van der Waals surface area contributed by atoms with E-state index in [0.29, 0.717) is 5.88 Å². The topological polar surface area (TPSA) is 16.1 Å². The van der Waals surface area contributed by atoms with Crippen LogP contribution in [0.15, 0.2) is 5.38 Å². The average Bonchev–Trinajstić information content (AvgIpc) is 2.73. The molecule has 17 heavy (non-hydrogen) atoms. The molecule has 2 atom stereocenters. The Morgan fingerprint density at radius 3 is 2.71 bits per heavy atom. The third-order valence-electron chi connectivity index (χ3n) is 2.87. The molecule has 2 rings (SSSR count). The summed E-state index contributed by atoms with van der Waals surface area (Å²) in [5, 5.41) is 4.81. The predicted molar refractivity (Wildman–Crippen MR) is 78.3 cm³/mol. The third kappa shape index (κ3) is 4.12. The first kappa shape index (κ1) is 13.7. The number of aromatic nitrogens is 1. The number of alkyl halides is 1. The fourth-order valence-corrected chi connectivity index (χ4v) is 4.65. The molecule has 5 heteroatoms. The van der Waals surface area contributed by atoms with Crippen molar-refractivity contribution >= 4 is 34.7 Å². The van der Waals surface area contributed by atoms with Gasteiger partial charge in [-0.3, -0.25) is 0 Å². The molecular formula is C12H19ClN2S2. The van der Waals surface area contributed by atoms with Crippen LogP contribution in [0.1, 0.15) is 24.5 Å². The Hall–Kier alpha value is 0.230. The van der Waals surface area contributed by atoms with Crippen molar-refractivity contribution in [2.45, 2.75) is 36.6 Å². The van der Waals surface area contributed by atoms with Crippen molar-refractivity contribution in [3.05, 3.63) is 16.1 Å². The quantitative estimate of drug-likeness (QED) is 0.792. The molecule has 0 spiro atoms. The molecule has 0 aliphatic carbocycles. The Balaban J connectivity index is 1.81. The summed E-state index contributed by atoms with van der Waals surface area (Å²) in [5.74, 6) is 0.533. The molecule has 2 nitrogen and oxygen atoms in total. The molecule has 1 aliphatic rings. The second kappa shape index (κ2) is 6.41. The molecule has 0 bridgehead atoms. The number of rotatable bonds is 4. The summed E-state index contributed by atoms with van der Waals surface area (Å²) in [5.41, 5.74) is 1.02. The summed E-state index contributed by atoms with van der Waals surface area (Å²) >= 11 is 9.60. The van der Waals surface area contributed by atoms with E-state index in [4.69, 9.17) is 11.6 Å². The van der Waals surface area contributed by atoms with Gasteiger partial charge in [0.25, 0.3) is 0 Å². The maximum atomic E-state index is 5.76. The second-order valence-electron chi connectivity index (χ2n) is 4.63. The zero-order valence-electron chi connectivity index (χ0n) is 10.4. The van der Waals surface area contributed by atoms with Gasteiger partial charge in [-0.05, 0) is 0 Å². The number of hydrogen-bond donors (Lipinski definition) is 0. The Kier molecular flexibility index (Phi) is 5.15. The van der Waals surface area contributed by atoms with E-state index in [0.717, 1.165) is 29.2 Å². The van der Waals surface area contributed by atoms with Crippen LogP contribution in [-0.4, -0.2) is 40.0 Å². The molecule has 0 N–H and O–H groups in total. The zero-order valence-corrected chi connectivity index (χ0v) is 12.7. The monoisotopic (exact) mass is 290 g/mol. The lowest BCUT2D eigenvalue weighted by Crippen LogP contribution is -2.41. The molecule has 0 saturated carbocycles. The lowest BCUT2D eigenvalue weighted by molar-refractivity contribution is 0.274. The van der Waals surface area contributed by atoms with Crippen molar-refractivity contribution in [3.63, 3.8) is 0 Å². The first-order valence-electron chi connectivity index (χ1n) is 6.04. The van der Waals surface area contributed by atoms with Gasteiger partial charge < -0.3 is 4.90 Å². The highest BCUT2D eigenvalue weighted by atomic mass is 35.5. The third-order valence-corrected chi connectivity index (χ3v) is 5.33. The zero-order chi connectivity index (χ0) is 12.3. The van der Waals surface area contributed by atoms with E-state index < -0.39 is 0 Å².